The topological polar surface area (TPSA) is 67.1 Å². The third kappa shape index (κ3) is 4.45. The van der Waals surface area contributed by atoms with Crippen LogP contribution >= 0.6 is 0 Å². The number of hydrogen-bond donors (Lipinski definition) is 0. The number of halogens is 1. The predicted octanol–water partition coefficient (Wildman–Crippen LogP) is 5.80. The molecule has 0 unspecified atom stereocenters. The molecule has 0 radical (unpaired) electrons. The molecule has 0 fully saturated rings. The van der Waals surface area contributed by atoms with Gasteiger partial charge >= 0.3 is 5.63 Å². The molecule has 34 heavy (non-hydrogen) atoms. The molecule has 0 saturated heterocycles. The van der Waals surface area contributed by atoms with Crippen molar-refractivity contribution in [2.45, 2.75) is 0 Å². The molecule has 0 aliphatic heterocycles. The second-order valence-corrected chi connectivity index (χ2v) is 7.37. The molecular formula is C27H23FO6. The maximum atomic E-state index is 13.4. The van der Waals surface area contributed by atoms with Gasteiger partial charge in [-0.25, -0.2) is 9.18 Å². The minimum atomic E-state index is -0.535. The first-order valence-corrected chi connectivity index (χ1v) is 10.4. The molecule has 0 bridgehead atoms. The molecule has 0 N–H and O–H groups in total. The lowest BCUT2D eigenvalue weighted by Gasteiger charge is -2.14. The summed E-state index contributed by atoms with van der Waals surface area (Å²) in [6.07, 6.45) is 3.62. The molecule has 4 aromatic rings. The molecule has 0 atom stereocenters. The maximum Gasteiger partial charge on any atom is 0.344 e. The van der Waals surface area contributed by atoms with E-state index in [1.165, 1.54) is 26.4 Å². The number of methoxy groups -OCH3 is 4. The van der Waals surface area contributed by atoms with E-state index in [0.717, 1.165) is 5.56 Å². The van der Waals surface area contributed by atoms with E-state index < -0.39 is 5.63 Å². The highest BCUT2D eigenvalue weighted by molar-refractivity contribution is 5.98. The Labute approximate surface area is 195 Å². The Balaban J connectivity index is 2.04. The summed E-state index contributed by atoms with van der Waals surface area (Å²) in [5.41, 5.74) is 1.45. The quantitative estimate of drug-likeness (QED) is 0.346. The Kier molecular flexibility index (Phi) is 6.54. The maximum absolute atomic E-state index is 13.4. The Morgan fingerprint density at radius 3 is 1.88 bits per heavy atom. The average molecular weight is 462 g/mol. The third-order valence-electron chi connectivity index (χ3n) is 5.40. The number of ether oxygens (including phenoxy) is 4. The van der Waals surface area contributed by atoms with Gasteiger partial charge in [-0.05, 0) is 48.0 Å². The number of hydrogen-bond acceptors (Lipinski definition) is 6. The fourth-order valence-corrected chi connectivity index (χ4v) is 3.67. The van der Waals surface area contributed by atoms with Crippen molar-refractivity contribution < 1.29 is 27.8 Å². The third-order valence-corrected chi connectivity index (χ3v) is 5.40. The van der Waals surface area contributed by atoms with Crippen molar-refractivity contribution in [1.29, 1.82) is 0 Å². The SMILES string of the molecule is COc1cc(OC)cc(-c2oc(=O)c3cc(OC)c(OC)cc3c2C=Cc2ccc(F)cc2)c1. The van der Waals surface area contributed by atoms with Crippen LogP contribution in [0.15, 0.2) is 63.8 Å². The van der Waals surface area contributed by atoms with Gasteiger partial charge in [-0.2, -0.15) is 0 Å². The summed E-state index contributed by atoms with van der Waals surface area (Å²) >= 11 is 0. The first-order chi connectivity index (χ1) is 16.5. The van der Waals surface area contributed by atoms with Gasteiger partial charge in [0.2, 0.25) is 0 Å². The van der Waals surface area contributed by atoms with Crippen LogP contribution in [-0.4, -0.2) is 28.4 Å². The highest BCUT2D eigenvalue weighted by Gasteiger charge is 2.18. The van der Waals surface area contributed by atoms with Crippen LogP contribution in [0, 0.1) is 5.82 Å². The summed E-state index contributed by atoms with van der Waals surface area (Å²) in [6.45, 7) is 0. The molecule has 174 valence electrons. The zero-order chi connectivity index (χ0) is 24.2. The lowest BCUT2D eigenvalue weighted by atomic mass is 9.99. The van der Waals surface area contributed by atoms with Gasteiger partial charge in [-0.1, -0.05) is 18.2 Å². The van der Waals surface area contributed by atoms with Crippen molar-refractivity contribution in [2.75, 3.05) is 28.4 Å². The van der Waals surface area contributed by atoms with Gasteiger partial charge in [-0.3, -0.25) is 0 Å². The molecule has 0 amide bonds. The largest absolute Gasteiger partial charge is 0.497 e. The predicted molar refractivity (Wildman–Crippen MR) is 129 cm³/mol. The van der Waals surface area contributed by atoms with Gasteiger partial charge in [0.1, 0.15) is 23.1 Å². The summed E-state index contributed by atoms with van der Waals surface area (Å²) in [5.74, 6) is 1.95. The summed E-state index contributed by atoms with van der Waals surface area (Å²) in [4.78, 5) is 13.0. The van der Waals surface area contributed by atoms with E-state index in [4.69, 9.17) is 23.4 Å². The van der Waals surface area contributed by atoms with Crippen LogP contribution in [0.2, 0.25) is 0 Å². The minimum absolute atomic E-state index is 0.320. The van der Waals surface area contributed by atoms with Crippen molar-refractivity contribution in [2.24, 2.45) is 0 Å². The van der Waals surface area contributed by atoms with Crippen LogP contribution in [-0.2, 0) is 0 Å². The van der Waals surface area contributed by atoms with Crippen LogP contribution in [0.4, 0.5) is 4.39 Å². The number of fused-ring (bicyclic) bond motifs is 1. The van der Waals surface area contributed by atoms with Gasteiger partial charge in [0.05, 0.1) is 33.8 Å². The number of benzene rings is 3. The molecule has 4 rings (SSSR count). The molecule has 0 spiro atoms. The van der Waals surface area contributed by atoms with Gasteiger partial charge in [0.25, 0.3) is 0 Å². The van der Waals surface area contributed by atoms with E-state index in [9.17, 15) is 9.18 Å². The van der Waals surface area contributed by atoms with Gasteiger partial charge in [-0.15, -0.1) is 0 Å². The van der Waals surface area contributed by atoms with Crippen molar-refractivity contribution in [3.8, 4) is 34.3 Å². The summed E-state index contributed by atoms with van der Waals surface area (Å²) in [5, 5.41) is 0.930. The summed E-state index contributed by atoms with van der Waals surface area (Å²) in [6, 6.07) is 14.6. The Morgan fingerprint density at radius 1 is 0.735 bits per heavy atom. The van der Waals surface area contributed by atoms with E-state index in [1.807, 2.05) is 12.2 Å². The van der Waals surface area contributed by atoms with Crippen molar-refractivity contribution in [3.05, 3.63) is 82.0 Å². The van der Waals surface area contributed by atoms with E-state index in [2.05, 4.69) is 0 Å². The molecule has 0 aliphatic carbocycles. The normalized spacial score (nSPS) is 11.1. The van der Waals surface area contributed by atoms with Crippen LogP contribution in [0.3, 0.4) is 0 Å². The Morgan fingerprint density at radius 2 is 1.32 bits per heavy atom. The zero-order valence-electron chi connectivity index (χ0n) is 19.2. The summed E-state index contributed by atoms with van der Waals surface area (Å²) in [7, 11) is 6.11. The molecule has 6 nitrogen and oxygen atoms in total. The number of rotatable bonds is 7. The van der Waals surface area contributed by atoms with E-state index in [1.54, 1.807) is 56.7 Å². The fraction of sp³-hybridized carbons (Fsp3) is 0.148. The molecular weight excluding hydrogens is 439 g/mol. The molecule has 0 saturated carbocycles. The van der Waals surface area contributed by atoms with Gasteiger partial charge in [0, 0.05) is 22.6 Å². The average Bonchev–Trinajstić information content (AvgIpc) is 2.87. The zero-order valence-corrected chi connectivity index (χ0v) is 19.2. The Bertz CT molecular complexity index is 1400. The standard InChI is InChI=1S/C27H23FO6/c1-30-19-11-17(12-20(13-19)31-2)26-21(10-7-16-5-8-18(28)9-6-16)22-14-24(32-3)25(33-4)15-23(22)27(29)34-26/h5-15H,1-4H3. The molecule has 0 aliphatic rings. The first kappa shape index (κ1) is 22.9. The smallest absolute Gasteiger partial charge is 0.344 e. The van der Waals surface area contributed by atoms with Gasteiger partial charge < -0.3 is 23.4 Å². The van der Waals surface area contributed by atoms with E-state index >= 15 is 0 Å². The van der Waals surface area contributed by atoms with Crippen LogP contribution < -0.4 is 24.6 Å². The monoisotopic (exact) mass is 462 g/mol. The lowest BCUT2D eigenvalue weighted by molar-refractivity contribution is 0.355. The molecule has 7 heteroatoms. The lowest BCUT2D eigenvalue weighted by Crippen LogP contribution is -2.04. The minimum Gasteiger partial charge on any atom is -0.497 e. The van der Waals surface area contributed by atoms with Crippen molar-refractivity contribution in [1.82, 2.24) is 0 Å². The highest BCUT2D eigenvalue weighted by atomic mass is 19.1. The van der Waals surface area contributed by atoms with Crippen molar-refractivity contribution in [3.63, 3.8) is 0 Å². The van der Waals surface area contributed by atoms with Gasteiger partial charge in [0.15, 0.2) is 11.5 Å². The second kappa shape index (κ2) is 9.70. The van der Waals surface area contributed by atoms with E-state index in [-0.39, 0.29) is 5.82 Å². The van der Waals surface area contributed by atoms with E-state index in [0.29, 0.717) is 50.7 Å². The fourth-order valence-electron chi connectivity index (χ4n) is 3.67. The Hall–Kier alpha value is -4.26. The molecule has 1 aromatic heterocycles. The molecule has 1 heterocycles. The van der Waals surface area contributed by atoms with Crippen molar-refractivity contribution >= 4 is 22.9 Å². The first-order valence-electron chi connectivity index (χ1n) is 10.4. The van der Waals surface area contributed by atoms with Crippen LogP contribution in [0.25, 0.3) is 34.2 Å². The highest BCUT2D eigenvalue weighted by Crippen LogP contribution is 2.38. The second-order valence-electron chi connectivity index (χ2n) is 7.37. The summed E-state index contributed by atoms with van der Waals surface area (Å²) < 4.78 is 40.8. The van der Waals surface area contributed by atoms with Crippen LogP contribution in [0.1, 0.15) is 11.1 Å². The van der Waals surface area contributed by atoms with Crippen LogP contribution in [0.5, 0.6) is 23.0 Å². The molecule has 3 aromatic carbocycles.